The van der Waals surface area contributed by atoms with Crippen molar-refractivity contribution in [1.29, 1.82) is 0 Å². The fourth-order valence-electron chi connectivity index (χ4n) is 0.695. The molecular weight excluding hydrogens is 158 g/mol. The van der Waals surface area contributed by atoms with Crippen LogP contribution >= 0.6 is 0 Å². The molecule has 0 heterocycles. The number of hydroxylamine groups is 1. The van der Waals surface area contributed by atoms with Crippen molar-refractivity contribution in [3.05, 3.63) is 0 Å². The molecule has 0 bridgehead atoms. The summed E-state index contributed by atoms with van der Waals surface area (Å²) in [4.78, 5) is 15.5. The molecule has 0 radical (unpaired) electrons. The number of hydrogen-bond donors (Lipinski definition) is 1. The fraction of sp³-hybridized carbons (Fsp3) is 0.875. The highest BCUT2D eigenvalue weighted by Gasteiger charge is 2.00. The molecule has 0 aromatic carbocycles. The maximum atomic E-state index is 10.9. The van der Waals surface area contributed by atoms with E-state index in [1.165, 1.54) is 0 Å². The normalized spacial score (nSPS) is 9.83. The highest BCUT2D eigenvalue weighted by molar-refractivity contribution is 5.69. The lowest BCUT2D eigenvalue weighted by atomic mass is 10.3. The van der Waals surface area contributed by atoms with E-state index in [1.54, 1.807) is 7.11 Å². The largest absolute Gasteiger partial charge is 0.466 e. The van der Waals surface area contributed by atoms with Gasteiger partial charge in [-0.05, 0) is 12.8 Å². The van der Waals surface area contributed by atoms with Crippen LogP contribution in [0.4, 0.5) is 0 Å². The minimum absolute atomic E-state index is 0.130. The first-order valence-corrected chi connectivity index (χ1v) is 4.22. The zero-order valence-electron chi connectivity index (χ0n) is 7.76. The molecule has 0 aromatic heterocycles. The van der Waals surface area contributed by atoms with Gasteiger partial charge in [0.25, 0.3) is 0 Å². The molecule has 0 amide bonds. The lowest BCUT2D eigenvalue weighted by molar-refractivity contribution is -0.143. The van der Waals surface area contributed by atoms with Gasteiger partial charge >= 0.3 is 5.97 Å². The fourth-order valence-corrected chi connectivity index (χ4v) is 0.695. The second-order valence-electron chi connectivity index (χ2n) is 2.42. The number of hydrogen-bond acceptors (Lipinski definition) is 4. The third-order valence-electron chi connectivity index (χ3n) is 1.27. The summed E-state index contributed by atoms with van der Waals surface area (Å²) in [6.07, 6.45) is 2.08. The van der Waals surface area contributed by atoms with Gasteiger partial charge in [-0.3, -0.25) is 4.79 Å². The summed E-state index contributed by atoms with van der Waals surface area (Å²) in [6, 6.07) is 0. The van der Waals surface area contributed by atoms with E-state index in [4.69, 9.17) is 4.74 Å². The molecule has 0 aliphatic rings. The van der Waals surface area contributed by atoms with E-state index in [9.17, 15) is 4.79 Å². The molecule has 0 saturated heterocycles. The monoisotopic (exact) mass is 175 g/mol. The Morgan fingerprint density at radius 3 is 2.83 bits per heavy atom. The molecule has 0 aliphatic heterocycles. The number of carbonyl (C=O) groups excluding carboxylic acids is 1. The van der Waals surface area contributed by atoms with Crippen molar-refractivity contribution in [3.8, 4) is 0 Å². The highest BCUT2D eigenvalue weighted by atomic mass is 16.6. The molecule has 0 aromatic rings. The smallest absolute Gasteiger partial charge is 0.305 e. The van der Waals surface area contributed by atoms with E-state index in [0.29, 0.717) is 19.6 Å². The number of nitrogens with one attached hydrogen (secondary N) is 1. The molecule has 4 heteroatoms. The van der Waals surface area contributed by atoms with Crippen LogP contribution in [0.15, 0.2) is 0 Å². The van der Waals surface area contributed by atoms with Crippen molar-refractivity contribution >= 4 is 5.97 Å². The van der Waals surface area contributed by atoms with Crippen LogP contribution in [0.2, 0.25) is 0 Å². The van der Waals surface area contributed by atoms with Crippen molar-refractivity contribution < 1.29 is 14.4 Å². The van der Waals surface area contributed by atoms with Gasteiger partial charge in [0.05, 0.1) is 13.7 Å². The summed E-state index contributed by atoms with van der Waals surface area (Å²) in [5.74, 6) is -0.130. The Labute approximate surface area is 73.2 Å². The second kappa shape index (κ2) is 8.49. The van der Waals surface area contributed by atoms with Gasteiger partial charge in [-0.15, -0.1) is 0 Å². The summed E-state index contributed by atoms with van der Waals surface area (Å²) in [7, 11) is 1.55. The maximum Gasteiger partial charge on any atom is 0.305 e. The Kier molecular flexibility index (Phi) is 8.05. The van der Waals surface area contributed by atoms with Gasteiger partial charge in [-0.2, -0.15) is 0 Å². The number of esters is 1. The minimum atomic E-state index is -0.130. The number of carbonyl (C=O) groups is 1. The zero-order chi connectivity index (χ0) is 9.23. The van der Waals surface area contributed by atoms with Gasteiger partial charge in [-0.1, -0.05) is 6.92 Å². The SMILES string of the molecule is CCCOC(=O)CCCNOC. The van der Waals surface area contributed by atoms with Gasteiger partial charge in [0.15, 0.2) is 0 Å². The third-order valence-corrected chi connectivity index (χ3v) is 1.27. The van der Waals surface area contributed by atoms with E-state index in [2.05, 4.69) is 10.3 Å². The van der Waals surface area contributed by atoms with Crippen LogP contribution in [0.3, 0.4) is 0 Å². The van der Waals surface area contributed by atoms with Crippen LogP contribution < -0.4 is 5.48 Å². The van der Waals surface area contributed by atoms with E-state index < -0.39 is 0 Å². The Bertz CT molecular complexity index is 117. The van der Waals surface area contributed by atoms with Crippen LogP contribution in [0, 0.1) is 0 Å². The molecule has 4 nitrogen and oxygen atoms in total. The van der Waals surface area contributed by atoms with Gasteiger partial charge in [0.2, 0.25) is 0 Å². The first-order valence-electron chi connectivity index (χ1n) is 4.22. The quantitative estimate of drug-likeness (QED) is 0.354. The summed E-state index contributed by atoms with van der Waals surface area (Å²) in [5.41, 5.74) is 2.65. The molecule has 0 rings (SSSR count). The Balaban J connectivity index is 3.08. The van der Waals surface area contributed by atoms with Crippen molar-refractivity contribution in [3.63, 3.8) is 0 Å². The molecule has 1 N–H and O–H groups in total. The van der Waals surface area contributed by atoms with E-state index in [-0.39, 0.29) is 5.97 Å². The lowest BCUT2D eigenvalue weighted by Crippen LogP contribution is -2.15. The van der Waals surface area contributed by atoms with Gasteiger partial charge in [0, 0.05) is 13.0 Å². The minimum Gasteiger partial charge on any atom is -0.466 e. The predicted molar refractivity (Wildman–Crippen MR) is 45.5 cm³/mol. The Morgan fingerprint density at radius 1 is 1.50 bits per heavy atom. The van der Waals surface area contributed by atoms with Crippen molar-refractivity contribution in [2.45, 2.75) is 26.2 Å². The maximum absolute atomic E-state index is 10.9. The molecular formula is C8H17NO3. The molecule has 72 valence electrons. The molecule has 0 atom stereocenters. The summed E-state index contributed by atoms with van der Waals surface area (Å²) < 4.78 is 4.86. The summed E-state index contributed by atoms with van der Waals surface area (Å²) in [5, 5.41) is 0. The van der Waals surface area contributed by atoms with Crippen molar-refractivity contribution in [2.75, 3.05) is 20.3 Å². The number of ether oxygens (including phenoxy) is 1. The second-order valence-corrected chi connectivity index (χ2v) is 2.42. The Morgan fingerprint density at radius 2 is 2.25 bits per heavy atom. The van der Waals surface area contributed by atoms with Crippen LogP contribution in [0.5, 0.6) is 0 Å². The zero-order valence-corrected chi connectivity index (χ0v) is 7.76. The Hall–Kier alpha value is -0.610. The molecule has 0 spiro atoms. The van der Waals surface area contributed by atoms with Gasteiger partial charge in [0.1, 0.15) is 0 Å². The van der Waals surface area contributed by atoms with Crippen LogP contribution in [-0.2, 0) is 14.4 Å². The molecule has 12 heavy (non-hydrogen) atoms. The standard InChI is InChI=1S/C8H17NO3/c1-3-7-12-8(10)5-4-6-9-11-2/h9H,3-7H2,1-2H3. The van der Waals surface area contributed by atoms with E-state index in [1.807, 2.05) is 6.92 Å². The molecule has 0 unspecified atom stereocenters. The van der Waals surface area contributed by atoms with E-state index in [0.717, 1.165) is 12.8 Å². The topological polar surface area (TPSA) is 47.6 Å². The van der Waals surface area contributed by atoms with Crippen LogP contribution in [-0.4, -0.2) is 26.2 Å². The van der Waals surface area contributed by atoms with Crippen LogP contribution in [0.1, 0.15) is 26.2 Å². The molecule has 0 fully saturated rings. The highest BCUT2D eigenvalue weighted by Crippen LogP contribution is 1.92. The third kappa shape index (κ3) is 7.50. The predicted octanol–water partition coefficient (Wildman–Crippen LogP) is 0.871. The first-order chi connectivity index (χ1) is 5.81. The summed E-state index contributed by atoms with van der Waals surface area (Å²) in [6.45, 7) is 3.17. The van der Waals surface area contributed by atoms with E-state index >= 15 is 0 Å². The number of rotatable bonds is 7. The molecule has 0 aliphatic carbocycles. The van der Waals surface area contributed by atoms with Crippen LogP contribution in [0.25, 0.3) is 0 Å². The first kappa shape index (κ1) is 11.4. The average Bonchev–Trinajstić information content (AvgIpc) is 2.09. The van der Waals surface area contributed by atoms with Crippen molar-refractivity contribution in [2.24, 2.45) is 0 Å². The molecule has 0 saturated carbocycles. The average molecular weight is 175 g/mol. The lowest BCUT2D eigenvalue weighted by Gasteiger charge is -2.02. The summed E-state index contributed by atoms with van der Waals surface area (Å²) >= 11 is 0. The van der Waals surface area contributed by atoms with Gasteiger partial charge in [-0.25, -0.2) is 5.48 Å². The van der Waals surface area contributed by atoms with Gasteiger partial charge < -0.3 is 9.57 Å². The van der Waals surface area contributed by atoms with Crippen molar-refractivity contribution in [1.82, 2.24) is 5.48 Å².